The summed E-state index contributed by atoms with van der Waals surface area (Å²) in [4.78, 5) is 22.8. The third-order valence-electron chi connectivity index (χ3n) is 9.09. The first-order chi connectivity index (χ1) is 16.9. The number of carboxylic acid groups (broad SMARTS) is 2. The fourth-order valence-corrected chi connectivity index (χ4v) is 7.31. The molecule has 4 fully saturated rings. The van der Waals surface area contributed by atoms with Gasteiger partial charge in [-0.3, -0.25) is 9.59 Å². The van der Waals surface area contributed by atoms with Crippen LogP contribution >= 0.6 is 0 Å². The monoisotopic (exact) mass is 512 g/mol. The van der Waals surface area contributed by atoms with Crippen LogP contribution in [0.15, 0.2) is 0 Å². The van der Waals surface area contributed by atoms with Gasteiger partial charge in [-0.2, -0.15) is 0 Å². The summed E-state index contributed by atoms with van der Waals surface area (Å²) in [5.74, 6) is -0.699. The average Bonchev–Trinajstić information content (AvgIpc) is 3.52. The van der Waals surface area contributed by atoms with E-state index in [9.17, 15) is 19.8 Å². The van der Waals surface area contributed by atoms with Gasteiger partial charge in [0.25, 0.3) is 0 Å². The number of rotatable bonds is 10. The molecule has 8 atom stereocenters. The summed E-state index contributed by atoms with van der Waals surface area (Å²) in [5, 5.41) is 60.7. The molecule has 2 aliphatic carbocycles. The highest BCUT2D eigenvalue weighted by atomic mass is 16.4. The van der Waals surface area contributed by atoms with Crippen molar-refractivity contribution in [1.29, 1.82) is 0 Å². The number of hydrogen-bond acceptors (Lipinski definition) is 10. The molecule has 2 saturated carbocycles. The minimum Gasteiger partial charge on any atom is -0.480 e. The Morgan fingerprint density at radius 3 is 1.39 bits per heavy atom. The smallest absolute Gasteiger partial charge is 0.451 e. The van der Waals surface area contributed by atoms with Gasteiger partial charge in [-0.1, -0.05) is 12.8 Å². The zero-order valence-electron chi connectivity index (χ0n) is 20.8. The minimum atomic E-state index is -1.32. The molecule has 36 heavy (non-hydrogen) atoms. The van der Waals surface area contributed by atoms with E-state index in [1.807, 2.05) is 0 Å². The summed E-state index contributed by atoms with van der Waals surface area (Å²) < 4.78 is 0. The highest BCUT2D eigenvalue weighted by Crippen LogP contribution is 2.48. The van der Waals surface area contributed by atoms with Crippen LogP contribution in [-0.2, 0) is 9.59 Å². The first-order valence-electron chi connectivity index (χ1n) is 13.1. The number of nitrogens with two attached hydrogens (primary N) is 2. The van der Waals surface area contributed by atoms with Gasteiger partial charge < -0.3 is 52.4 Å². The lowest BCUT2D eigenvalue weighted by molar-refractivity contribution is -0.146. The van der Waals surface area contributed by atoms with Gasteiger partial charge in [0.2, 0.25) is 0 Å². The van der Waals surface area contributed by atoms with Crippen LogP contribution in [0.4, 0.5) is 0 Å². The molecule has 14 heteroatoms. The summed E-state index contributed by atoms with van der Waals surface area (Å²) in [5.41, 5.74) is 9.92. The molecule has 0 unspecified atom stereocenters. The molecule has 2 saturated heterocycles. The summed E-state index contributed by atoms with van der Waals surface area (Å²) in [6.45, 7) is 3.33. The van der Waals surface area contributed by atoms with Crippen LogP contribution in [0.25, 0.3) is 0 Å². The first kappa shape index (κ1) is 29.3. The van der Waals surface area contributed by atoms with Crippen molar-refractivity contribution in [2.75, 3.05) is 26.2 Å². The molecule has 0 amide bonds. The number of nitrogens with one attached hydrogen (secondary N) is 2. The zero-order chi connectivity index (χ0) is 26.7. The molecule has 4 aliphatic rings. The fourth-order valence-electron chi connectivity index (χ4n) is 7.31. The predicted molar refractivity (Wildman–Crippen MR) is 133 cm³/mol. The van der Waals surface area contributed by atoms with Crippen LogP contribution in [-0.4, -0.2) is 93.7 Å². The Labute approximate surface area is 212 Å². The molecular formula is C22H42B2N4O8. The molecule has 2 heterocycles. The largest absolute Gasteiger partial charge is 0.480 e. The number of hydrogen-bond donors (Lipinski definition) is 10. The van der Waals surface area contributed by atoms with Crippen molar-refractivity contribution in [3.05, 3.63) is 0 Å². The third kappa shape index (κ3) is 6.24. The topological polar surface area (TPSA) is 232 Å². The summed E-state index contributed by atoms with van der Waals surface area (Å²) in [6, 6.07) is 0. The first-order valence-corrected chi connectivity index (χ1v) is 13.1. The van der Waals surface area contributed by atoms with Crippen molar-refractivity contribution in [2.24, 2.45) is 47.0 Å². The standard InChI is InChI=1S/2C11H21BN2O4/c2*13-11(10(15)16)4-7-5-14-6-8(7)9(11)2-1-3-12(17)18/h2*7-9,14,17-18H,1-6,13H2,(H,15,16)/t2*7-,8+,9-,11-/m00/s1. The van der Waals surface area contributed by atoms with E-state index in [4.69, 9.17) is 31.6 Å². The maximum atomic E-state index is 11.4. The van der Waals surface area contributed by atoms with E-state index in [0.29, 0.717) is 62.2 Å². The number of fused-ring (bicyclic) bond motifs is 2. The van der Waals surface area contributed by atoms with Crippen molar-refractivity contribution in [1.82, 2.24) is 10.6 Å². The molecule has 12 nitrogen and oxygen atoms in total. The second kappa shape index (κ2) is 12.1. The van der Waals surface area contributed by atoms with Crippen LogP contribution in [0.3, 0.4) is 0 Å². The van der Waals surface area contributed by atoms with Gasteiger partial charge >= 0.3 is 26.2 Å². The average molecular weight is 512 g/mol. The van der Waals surface area contributed by atoms with Crippen LogP contribution < -0.4 is 22.1 Å². The summed E-state index contributed by atoms with van der Waals surface area (Å²) in [7, 11) is -2.64. The maximum Gasteiger partial charge on any atom is 0.451 e. The molecule has 2 aliphatic heterocycles. The number of aliphatic carboxylic acids is 2. The Balaban J connectivity index is 0.000000201. The van der Waals surface area contributed by atoms with Crippen molar-refractivity contribution < 1.29 is 39.9 Å². The lowest BCUT2D eigenvalue weighted by Gasteiger charge is -2.30. The Morgan fingerprint density at radius 2 is 1.08 bits per heavy atom. The Hall–Kier alpha value is -1.25. The number of carboxylic acids is 2. The molecule has 0 aromatic rings. The van der Waals surface area contributed by atoms with Gasteiger partial charge in [-0.05, 0) is 100 Å². The normalized spacial score (nSPS) is 38.7. The van der Waals surface area contributed by atoms with Crippen molar-refractivity contribution >= 4 is 26.2 Å². The fraction of sp³-hybridized carbons (Fsp3) is 0.909. The molecule has 12 N–H and O–H groups in total. The maximum absolute atomic E-state index is 11.4. The van der Waals surface area contributed by atoms with Gasteiger partial charge in [0.15, 0.2) is 0 Å². The highest BCUT2D eigenvalue weighted by Gasteiger charge is 2.57. The van der Waals surface area contributed by atoms with Gasteiger partial charge in [0.1, 0.15) is 11.1 Å². The molecule has 0 spiro atoms. The molecule has 204 valence electrons. The summed E-state index contributed by atoms with van der Waals surface area (Å²) in [6.07, 6.45) is 4.06. The second-order valence-corrected chi connectivity index (χ2v) is 11.3. The van der Waals surface area contributed by atoms with Crippen LogP contribution in [0.1, 0.15) is 38.5 Å². The zero-order valence-corrected chi connectivity index (χ0v) is 20.8. The van der Waals surface area contributed by atoms with Crippen LogP contribution in [0.5, 0.6) is 0 Å². The van der Waals surface area contributed by atoms with Gasteiger partial charge in [-0.25, -0.2) is 0 Å². The van der Waals surface area contributed by atoms with Crippen molar-refractivity contribution in [2.45, 2.75) is 62.2 Å². The third-order valence-corrected chi connectivity index (χ3v) is 9.09. The summed E-state index contributed by atoms with van der Waals surface area (Å²) >= 11 is 0. The van der Waals surface area contributed by atoms with Gasteiger partial charge in [0, 0.05) is 0 Å². The Bertz CT molecular complexity index is 718. The molecule has 0 radical (unpaired) electrons. The van der Waals surface area contributed by atoms with E-state index in [1.54, 1.807) is 0 Å². The van der Waals surface area contributed by atoms with E-state index in [0.717, 1.165) is 26.2 Å². The van der Waals surface area contributed by atoms with Crippen molar-refractivity contribution in [3.63, 3.8) is 0 Å². The minimum absolute atomic E-state index is 0.0752. The highest BCUT2D eigenvalue weighted by molar-refractivity contribution is 6.41. The Morgan fingerprint density at radius 1 is 0.722 bits per heavy atom. The van der Waals surface area contributed by atoms with Crippen LogP contribution in [0, 0.1) is 35.5 Å². The van der Waals surface area contributed by atoms with E-state index in [2.05, 4.69) is 10.6 Å². The number of carbonyl (C=O) groups is 2. The van der Waals surface area contributed by atoms with E-state index >= 15 is 0 Å². The van der Waals surface area contributed by atoms with E-state index in [1.165, 1.54) is 0 Å². The second-order valence-electron chi connectivity index (χ2n) is 11.3. The lowest BCUT2D eigenvalue weighted by atomic mass is 9.76. The van der Waals surface area contributed by atoms with E-state index in [-0.39, 0.29) is 24.5 Å². The lowest BCUT2D eigenvalue weighted by Crippen LogP contribution is -2.53. The Kier molecular flexibility index (Phi) is 9.83. The van der Waals surface area contributed by atoms with Crippen molar-refractivity contribution in [3.8, 4) is 0 Å². The van der Waals surface area contributed by atoms with E-state index < -0.39 is 37.3 Å². The predicted octanol–water partition coefficient (Wildman–Crippen LogP) is -2.25. The molecule has 0 aromatic carbocycles. The molecule has 4 rings (SSSR count). The SMILES string of the molecule is N[C@@]1(C(=O)O)C[C@H]2CNC[C@H]2[C@@H]1CCCB(O)O.N[C@@]1(C(=O)O)C[C@H]2CNC[C@H]2[C@@H]1CCCB(O)O. The van der Waals surface area contributed by atoms with Gasteiger partial charge in [0.05, 0.1) is 0 Å². The molecule has 0 bridgehead atoms. The molecule has 0 aromatic heterocycles. The quantitative estimate of drug-likeness (QED) is 0.140. The van der Waals surface area contributed by atoms with Crippen LogP contribution in [0.2, 0.25) is 12.6 Å². The van der Waals surface area contributed by atoms with Gasteiger partial charge in [-0.15, -0.1) is 0 Å². The molecular weight excluding hydrogens is 470 g/mol.